The summed E-state index contributed by atoms with van der Waals surface area (Å²) in [4.78, 5) is 29.0. The molecule has 7 nitrogen and oxygen atoms in total. The maximum atomic E-state index is 14.1. The number of sulfonamides is 1. The molecule has 1 unspecified atom stereocenters. The van der Waals surface area contributed by atoms with Crippen LogP contribution in [-0.4, -0.2) is 43.8 Å². The van der Waals surface area contributed by atoms with Crippen LogP contribution in [0.15, 0.2) is 83.8 Å². The molecule has 3 rings (SSSR count). The zero-order valence-corrected chi connectivity index (χ0v) is 24.2. The first-order valence-corrected chi connectivity index (χ1v) is 14.8. The van der Waals surface area contributed by atoms with E-state index in [1.54, 1.807) is 30.3 Å². The summed E-state index contributed by atoms with van der Waals surface area (Å²) in [5.74, 6) is -0.715. The lowest BCUT2D eigenvalue weighted by Crippen LogP contribution is -2.53. The molecule has 0 saturated carbocycles. The van der Waals surface area contributed by atoms with Gasteiger partial charge in [0.1, 0.15) is 12.6 Å². The van der Waals surface area contributed by atoms with Crippen molar-refractivity contribution in [1.82, 2.24) is 10.2 Å². The van der Waals surface area contributed by atoms with Crippen LogP contribution in [0.2, 0.25) is 0 Å². The number of hydrogen-bond acceptors (Lipinski definition) is 4. The van der Waals surface area contributed by atoms with Gasteiger partial charge in [0.25, 0.3) is 10.0 Å². The fourth-order valence-corrected chi connectivity index (χ4v) is 6.07. The number of amides is 2. The summed E-state index contributed by atoms with van der Waals surface area (Å²) in [6.07, 6.45) is 0.972. The molecule has 0 aromatic heterocycles. The van der Waals surface area contributed by atoms with Gasteiger partial charge in [-0.3, -0.25) is 13.9 Å². The monoisotopic (exact) mass is 549 g/mol. The van der Waals surface area contributed by atoms with Crippen molar-refractivity contribution < 1.29 is 18.0 Å². The lowest BCUT2D eigenvalue weighted by atomic mass is 10.1. The first kappa shape index (κ1) is 29.9. The van der Waals surface area contributed by atoms with Crippen molar-refractivity contribution in [3.8, 4) is 0 Å². The summed E-state index contributed by atoms with van der Waals surface area (Å²) < 4.78 is 29.1. The molecule has 3 aromatic carbocycles. The fourth-order valence-electron chi connectivity index (χ4n) is 4.59. The first-order chi connectivity index (χ1) is 18.6. The topological polar surface area (TPSA) is 86.8 Å². The van der Waals surface area contributed by atoms with Crippen LogP contribution < -0.4 is 9.62 Å². The van der Waals surface area contributed by atoms with Crippen molar-refractivity contribution in [2.24, 2.45) is 0 Å². The second kappa shape index (κ2) is 13.4. The highest BCUT2D eigenvalue weighted by Gasteiger charge is 2.34. The molecule has 0 saturated heterocycles. The van der Waals surface area contributed by atoms with Gasteiger partial charge in [-0.1, -0.05) is 80.1 Å². The third kappa shape index (κ3) is 7.47. The Balaban J connectivity index is 2.09. The van der Waals surface area contributed by atoms with Crippen molar-refractivity contribution in [2.75, 3.05) is 10.8 Å². The van der Waals surface area contributed by atoms with Gasteiger partial charge in [0, 0.05) is 12.6 Å². The smallest absolute Gasteiger partial charge is 0.264 e. The molecule has 0 heterocycles. The number of hydrogen-bond donors (Lipinski definition) is 1. The summed E-state index contributed by atoms with van der Waals surface area (Å²) in [7, 11) is -4.08. The molecule has 3 aromatic rings. The molecule has 0 bridgehead atoms. The van der Waals surface area contributed by atoms with Gasteiger partial charge < -0.3 is 10.2 Å². The summed E-state index contributed by atoms with van der Waals surface area (Å²) in [5.41, 5.74) is 3.15. The van der Waals surface area contributed by atoms with Gasteiger partial charge in [0.2, 0.25) is 11.8 Å². The average molecular weight is 550 g/mol. The number of aryl methyl sites for hydroxylation is 2. The van der Waals surface area contributed by atoms with Crippen LogP contribution in [0, 0.1) is 6.92 Å². The third-order valence-electron chi connectivity index (χ3n) is 6.50. The van der Waals surface area contributed by atoms with Crippen LogP contribution in [0.5, 0.6) is 0 Å². The first-order valence-electron chi connectivity index (χ1n) is 13.4. The molecule has 0 aliphatic heterocycles. The highest BCUT2D eigenvalue weighted by atomic mass is 32.2. The van der Waals surface area contributed by atoms with E-state index in [4.69, 9.17) is 0 Å². The normalized spacial score (nSPS) is 12.2. The number of rotatable bonds is 12. The fraction of sp³-hybridized carbons (Fsp3) is 0.355. The summed E-state index contributed by atoms with van der Waals surface area (Å²) in [5, 5.41) is 2.92. The largest absolute Gasteiger partial charge is 0.352 e. The van der Waals surface area contributed by atoms with Crippen LogP contribution in [0.1, 0.15) is 50.8 Å². The zero-order valence-electron chi connectivity index (χ0n) is 23.4. The number of para-hydroxylation sites is 1. The minimum Gasteiger partial charge on any atom is -0.352 e. The van der Waals surface area contributed by atoms with Crippen molar-refractivity contribution in [2.45, 2.75) is 71.0 Å². The van der Waals surface area contributed by atoms with Gasteiger partial charge in [-0.25, -0.2) is 8.42 Å². The van der Waals surface area contributed by atoms with Crippen molar-refractivity contribution in [3.05, 3.63) is 95.6 Å². The second-order valence-corrected chi connectivity index (χ2v) is 11.8. The lowest BCUT2D eigenvalue weighted by Gasteiger charge is -2.34. The number of carbonyl (C=O) groups excluding carboxylic acids is 2. The molecule has 1 N–H and O–H groups in total. The van der Waals surface area contributed by atoms with E-state index in [1.807, 2.05) is 71.0 Å². The molecular weight excluding hydrogens is 510 g/mol. The average Bonchev–Trinajstić information content (AvgIpc) is 2.91. The Morgan fingerprint density at radius 3 is 2.18 bits per heavy atom. The van der Waals surface area contributed by atoms with Gasteiger partial charge in [-0.15, -0.1) is 0 Å². The maximum Gasteiger partial charge on any atom is 0.264 e. The number of benzene rings is 3. The van der Waals surface area contributed by atoms with Crippen molar-refractivity contribution in [3.63, 3.8) is 0 Å². The van der Waals surface area contributed by atoms with Crippen molar-refractivity contribution >= 4 is 27.5 Å². The SMILES string of the molecule is CCc1ccccc1N(CC(=O)N(Cc1cccc(C)c1)C(CC)C(=O)NC(C)C)S(=O)(=O)c1ccccc1. The van der Waals surface area contributed by atoms with Crippen LogP contribution in [0.25, 0.3) is 0 Å². The van der Waals surface area contributed by atoms with Crippen LogP contribution in [0.4, 0.5) is 5.69 Å². The summed E-state index contributed by atoms with van der Waals surface area (Å²) >= 11 is 0. The molecule has 39 heavy (non-hydrogen) atoms. The summed E-state index contributed by atoms with van der Waals surface area (Å²) in [6, 6.07) is 22.2. The molecule has 8 heteroatoms. The van der Waals surface area contributed by atoms with E-state index in [0.29, 0.717) is 18.5 Å². The van der Waals surface area contributed by atoms with Gasteiger partial charge in [0.05, 0.1) is 10.6 Å². The Morgan fingerprint density at radius 2 is 1.56 bits per heavy atom. The van der Waals surface area contributed by atoms with E-state index in [-0.39, 0.29) is 23.4 Å². The standard InChI is InChI=1S/C31H39N3O4S/c1-6-26-16-11-12-19-29(26)34(39(37,38)27-17-9-8-10-18-27)22-30(35)33(21-25-15-13-14-24(5)20-25)28(7-2)31(36)32-23(3)4/h8-20,23,28H,6-7,21-22H2,1-5H3,(H,32,36). The predicted octanol–water partition coefficient (Wildman–Crippen LogP) is 5.08. The third-order valence-corrected chi connectivity index (χ3v) is 8.28. The number of anilines is 1. The highest BCUT2D eigenvalue weighted by Crippen LogP contribution is 2.28. The van der Waals surface area contributed by atoms with E-state index in [1.165, 1.54) is 21.3 Å². The molecule has 0 radical (unpaired) electrons. The molecule has 0 aliphatic carbocycles. The molecule has 1 atom stereocenters. The van der Waals surface area contributed by atoms with E-state index < -0.39 is 28.5 Å². The molecular formula is C31H39N3O4S. The Kier molecular flexibility index (Phi) is 10.3. The molecule has 208 valence electrons. The Labute approximate surface area is 232 Å². The van der Waals surface area contributed by atoms with Crippen LogP contribution >= 0.6 is 0 Å². The summed E-state index contributed by atoms with van der Waals surface area (Å²) in [6.45, 7) is 9.24. The predicted molar refractivity (Wildman–Crippen MR) is 156 cm³/mol. The number of nitrogens with zero attached hydrogens (tertiary/aromatic N) is 2. The van der Waals surface area contributed by atoms with Gasteiger partial charge in [0.15, 0.2) is 0 Å². The number of nitrogens with one attached hydrogen (secondary N) is 1. The molecule has 2 amide bonds. The van der Waals surface area contributed by atoms with E-state index >= 15 is 0 Å². The highest BCUT2D eigenvalue weighted by molar-refractivity contribution is 7.92. The Bertz CT molecular complexity index is 1370. The Hall–Kier alpha value is -3.65. The second-order valence-electron chi connectivity index (χ2n) is 9.91. The molecule has 0 aliphatic rings. The molecule has 0 spiro atoms. The van der Waals surface area contributed by atoms with E-state index in [0.717, 1.165) is 16.7 Å². The number of carbonyl (C=O) groups is 2. The van der Waals surface area contributed by atoms with E-state index in [2.05, 4.69) is 5.32 Å². The van der Waals surface area contributed by atoms with Gasteiger partial charge in [-0.2, -0.15) is 0 Å². The lowest BCUT2D eigenvalue weighted by molar-refractivity contribution is -0.140. The maximum absolute atomic E-state index is 14.1. The minimum absolute atomic E-state index is 0.0959. The van der Waals surface area contributed by atoms with E-state index in [9.17, 15) is 18.0 Å². The zero-order chi connectivity index (χ0) is 28.6. The Morgan fingerprint density at radius 1 is 0.897 bits per heavy atom. The van der Waals surface area contributed by atoms with Gasteiger partial charge >= 0.3 is 0 Å². The van der Waals surface area contributed by atoms with Gasteiger partial charge in [-0.05, 0) is 62.9 Å². The van der Waals surface area contributed by atoms with Crippen molar-refractivity contribution in [1.29, 1.82) is 0 Å². The minimum atomic E-state index is -4.08. The molecule has 0 fully saturated rings. The quantitative estimate of drug-likeness (QED) is 0.341. The van der Waals surface area contributed by atoms with Crippen LogP contribution in [0.3, 0.4) is 0 Å². The van der Waals surface area contributed by atoms with Crippen LogP contribution in [-0.2, 0) is 32.6 Å².